The molecule has 1 N–H and O–H groups in total. The molecule has 1 amide bonds. The summed E-state index contributed by atoms with van der Waals surface area (Å²) in [4.78, 5) is 16.6. The van der Waals surface area contributed by atoms with E-state index in [2.05, 4.69) is 61.2 Å². The van der Waals surface area contributed by atoms with E-state index < -0.39 is 0 Å². The Morgan fingerprint density at radius 3 is 2.65 bits per heavy atom. The van der Waals surface area contributed by atoms with Crippen LogP contribution >= 0.6 is 0 Å². The molecule has 0 saturated heterocycles. The van der Waals surface area contributed by atoms with Crippen LogP contribution in [-0.2, 0) is 23.1 Å². The Morgan fingerprint density at radius 1 is 1.13 bits per heavy atom. The van der Waals surface area contributed by atoms with Crippen molar-refractivity contribution in [2.24, 2.45) is 5.92 Å². The monoisotopic (exact) mass is 420 g/mol. The van der Waals surface area contributed by atoms with Gasteiger partial charge in [0, 0.05) is 44.7 Å². The van der Waals surface area contributed by atoms with Crippen LogP contribution in [-0.4, -0.2) is 42.6 Å². The molecule has 4 rings (SSSR count). The normalized spacial score (nSPS) is 24.8. The summed E-state index contributed by atoms with van der Waals surface area (Å²) in [6.45, 7) is 4.56. The van der Waals surface area contributed by atoms with Crippen molar-refractivity contribution >= 4 is 11.6 Å². The molecule has 1 saturated carbocycles. The number of phenolic OH excluding ortho intramolecular Hbond substituents is 1. The molecule has 0 aromatic heterocycles. The second kappa shape index (κ2) is 8.57. The number of hydrogen-bond acceptors (Lipinski definition) is 3. The molecule has 4 heteroatoms. The third kappa shape index (κ3) is 4.05. The lowest BCUT2D eigenvalue weighted by molar-refractivity contribution is -0.132. The van der Waals surface area contributed by atoms with Gasteiger partial charge in [-0.3, -0.25) is 4.79 Å². The Balaban J connectivity index is 1.80. The molecule has 2 aliphatic carbocycles. The molecule has 1 unspecified atom stereocenters. The zero-order valence-electron chi connectivity index (χ0n) is 19.4. The molecule has 2 aromatic rings. The van der Waals surface area contributed by atoms with E-state index in [1.165, 1.54) is 22.4 Å². The fourth-order valence-corrected chi connectivity index (χ4v) is 6.34. The lowest BCUT2D eigenvalue weighted by Crippen LogP contribution is -2.52. The second-order valence-corrected chi connectivity index (χ2v) is 9.71. The van der Waals surface area contributed by atoms with Crippen LogP contribution in [0.15, 0.2) is 42.5 Å². The van der Waals surface area contributed by atoms with E-state index in [-0.39, 0.29) is 17.4 Å². The number of amides is 1. The molecule has 3 atom stereocenters. The lowest BCUT2D eigenvalue weighted by Gasteiger charge is -2.53. The number of carbonyl (C=O) groups excluding carboxylic acids is 1. The third-order valence-electron chi connectivity index (χ3n) is 7.75. The number of aromatic hydroxyl groups is 1. The Hall–Kier alpha value is -2.49. The molecule has 1 fully saturated rings. The molecule has 166 valence electrons. The Bertz CT molecular complexity index is 954. The van der Waals surface area contributed by atoms with Gasteiger partial charge in [0.2, 0.25) is 5.91 Å². The Labute approximate surface area is 186 Å². The Morgan fingerprint density at radius 2 is 1.94 bits per heavy atom. The molecular weight excluding hydrogens is 384 g/mol. The van der Waals surface area contributed by atoms with Gasteiger partial charge in [-0.2, -0.15) is 0 Å². The van der Waals surface area contributed by atoms with Crippen LogP contribution in [0.5, 0.6) is 5.75 Å². The first-order valence-electron chi connectivity index (χ1n) is 11.7. The number of hydrogen-bond donors (Lipinski definition) is 1. The van der Waals surface area contributed by atoms with Crippen LogP contribution < -0.4 is 4.90 Å². The van der Waals surface area contributed by atoms with Crippen molar-refractivity contribution in [3.05, 3.63) is 59.2 Å². The van der Waals surface area contributed by atoms with Crippen LogP contribution in [0.3, 0.4) is 0 Å². The largest absolute Gasteiger partial charge is 0.508 e. The highest BCUT2D eigenvalue weighted by atomic mass is 16.3. The van der Waals surface area contributed by atoms with Gasteiger partial charge in [0.05, 0.1) is 0 Å². The van der Waals surface area contributed by atoms with Crippen molar-refractivity contribution in [1.29, 1.82) is 0 Å². The summed E-state index contributed by atoms with van der Waals surface area (Å²) >= 11 is 0. The fraction of sp³-hybridized carbons (Fsp3) is 0.519. The van der Waals surface area contributed by atoms with Gasteiger partial charge in [0.15, 0.2) is 0 Å². The van der Waals surface area contributed by atoms with E-state index >= 15 is 0 Å². The highest BCUT2D eigenvalue weighted by Gasteiger charge is 2.49. The standard InChI is InChI=1S/C27H36N2O2/c1-5-29(19(2)30)24-12-11-22-10-9-21-16-25(31)13-14-26(21)27(22,18-24)17-20-7-6-8-23(15-20)28(3)4/h6-8,13-16,22,24,31H,5,9-12,17-18H2,1-4H3/t22-,24?,27+/m0/s1. The third-order valence-corrected chi connectivity index (χ3v) is 7.75. The molecule has 0 bridgehead atoms. The predicted octanol–water partition coefficient (Wildman–Crippen LogP) is 4.92. The van der Waals surface area contributed by atoms with Crippen LogP contribution in [0.2, 0.25) is 0 Å². The van der Waals surface area contributed by atoms with Gasteiger partial charge < -0.3 is 14.9 Å². The van der Waals surface area contributed by atoms with Crippen LogP contribution in [0.25, 0.3) is 0 Å². The van der Waals surface area contributed by atoms with Gasteiger partial charge >= 0.3 is 0 Å². The second-order valence-electron chi connectivity index (χ2n) is 9.71. The summed E-state index contributed by atoms with van der Waals surface area (Å²) < 4.78 is 0. The minimum atomic E-state index is -0.00198. The highest BCUT2D eigenvalue weighted by Crippen LogP contribution is 2.53. The molecule has 4 nitrogen and oxygen atoms in total. The SMILES string of the molecule is CCN(C(C)=O)C1CC[C@@H]2CCc3cc(O)ccc3[C@]2(Cc2cccc(N(C)C)c2)C1. The maximum atomic E-state index is 12.4. The molecule has 0 spiro atoms. The molecule has 2 aromatic carbocycles. The lowest BCUT2D eigenvalue weighted by atomic mass is 9.54. The van der Waals surface area contributed by atoms with E-state index in [0.29, 0.717) is 11.7 Å². The predicted molar refractivity (Wildman–Crippen MR) is 127 cm³/mol. The average molecular weight is 421 g/mol. The van der Waals surface area contributed by atoms with E-state index in [1.807, 2.05) is 12.1 Å². The molecule has 0 radical (unpaired) electrons. The molecular formula is C27H36N2O2. The van der Waals surface area contributed by atoms with Gasteiger partial charge in [0.25, 0.3) is 0 Å². The minimum Gasteiger partial charge on any atom is -0.508 e. The number of phenols is 1. The zero-order valence-corrected chi connectivity index (χ0v) is 19.4. The van der Waals surface area contributed by atoms with E-state index in [0.717, 1.165) is 45.1 Å². The summed E-state index contributed by atoms with van der Waals surface area (Å²) in [5, 5.41) is 10.1. The van der Waals surface area contributed by atoms with Crippen LogP contribution in [0.4, 0.5) is 5.69 Å². The first-order valence-corrected chi connectivity index (χ1v) is 11.7. The summed E-state index contributed by atoms with van der Waals surface area (Å²) in [7, 11) is 4.17. The summed E-state index contributed by atoms with van der Waals surface area (Å²) in [6, 6.07) is 15.1. The quantitative estimate of drug-likeness (QED) is 0.746. The van der Waals surface area contributed by atoms with E-state index in [9.17, 15) is 9.90 Å². The van der Waals surface area contributed by atoms with Crippen molar-refractivity contribution < 1.29 is 9.90 Å². The first-order chi connectivity index (χ1) is 14.8. The first kappa shape index (κ1) is 21.7. The number of benzene rings is 2. The maximum absolute atomic E-state index is 12.4. The molecule has 31 heavy (non-hydrogen) atoms. The van der Waals surface area contributed by atoms with Gasteiger partial charge in [0.1, 0.15) is 5.75 Å². The van der Waals surface area contributed by atoms with Crippen molar-refractivity contribution in [3.8, 4) is 5.75 Å². The van der Waals surface area contributed by atoms with E-state index in [4.69, 9.17) is 0 Å². The van der Waals surface area contributed by atoms with Gasteiger partial charge in [-0.05, 0) is 92.3 Å². The topological polar surface area (TPSA) is 43.8 Å². The smallest absolute Gasteiger partial charge is 0.219 e. The van der Waals surface area contributed by atoms with Crippen LogP contribution in [0.1, 0.15) is 56.2 Å². The summed E-state index contributed by atoms with van der Waals surface area (Å²) in [6.07, 6.45) is 6.40. The maximum Gasteiger partial charge on any atom is 0.219 e. The minimum absolute atomic E-state index is 0.00198. The summed E-state index contributed by atoms with van der Waals surface area (Å²) in [5.41, 5.74) is 5.24. The van der Waals surface area contributed by atoms with Crippen LogP contribution in [0, 0.1) is 5.92 Å². The summed E-state index contributed by atoms with van der Waals surface area (Å²) in [5.74, 6) is 1.14. The molecule has 2 aliphatic rings. The van der Waals surface area contributed by atoms with Crippen molar-refractivity contribution in [2.45, 2.75) is 63.8 Å². The number of anilines is 1. The van der Waals surface area contributed by atoms with Gasteiger partial charge in [-0.15, -0.1) is 0 Å². The zero-order chi connectivity index (χ0) is 22.2. The number of nitrogens with zero attached hydrogens (tertiary/aromatic N) is 2. The molecule has 0 aliphatic heterocycles. The van der Waals surface area contributed by atoms with E-state index in [1.54, 1.807) is 6.92 Å². The average Bonchev–Trinajstić information content (AvgIpc) is 2.73. The molecule has 0 heterocycles. The fourth-order valence-electron chi connectivity index (χ4n) is 6.34. The van der Waals surface area contributed by atoms with Gasteiger partial charge in [-0.25, -0.2) is 0 Å². The number of rotatable bonds is 5. The number of carbonyl (C=O) groups is 1. The number of fused-ring (bicyclic) bond motifs is 3. The van der Waals surface area contributed by atoms with Gasteiger partial charge in [-0.1, -0.05) is 18.2 Å². The number of aryl methyl sites for hydroxylation is 1. The van der Waals surface area contributed by atoms with Crippen molar-refractivity contribution in [1.82, 2.24) is 4.90 Å². The van der Waals surface area contributed by atoms with Crippen molar-refractivity contribution in [2.75, 3.05) is 25.5 Å². The highest BCUT2D eigenvalue weighted by molar-refractivity contribution is 5.73. The Kier molecular flexibility index (Phi) is 6.00. The van der Waals surface area contributed by atoms with Crippen molar-refractivity contribution in [3.63, 3.8) is 0 Å².